The van der Waals surface area contributed by atoms with E-state index < -0.39 is 5.97 Å². The molecule has 0 saturated carbocycles. The highest BCUT2D eigenvalue weighted by atomic mass is 32.2. The quantitative estimate of drug-likeness (QED) is 0.0821. The number of nitrogens with zero attached hydrogens (tertiary/aromatic N) is 2. The first-order chi connectivity index (χ1) is 22.2. The van der Waals surface area contributed by atoms with Gasteiger partial charge in [-0.2, -0.15) is 4.57 Å². The normalized spacial score (nSPS) is 13.9. The third-order valence-corrected chi connectivity index (χ3v) is 11.0. The Balaban J connectivity index is 1.29. The zero-order valence-electron chi connectivity index (χ0n) is 27.6. The van der Waals surface area contributed by atoms with Crippen LogP contribution in [0.1, 0.15) is 128 Å². The second-order valence-corrected chi connectivity index (χ2v) is 14.6. The predicted octanol–water partition coefficient (Wildman–Crippen LogP) is 11.8. The molecule has 0 aliphatic carbocycles. The first kappa shape index (κ1) is 35.3. The van der Waals surface area contributed by atoms with Crippen LogP contribution in [0.15, 0.2) is 70.6 Å². The maximum Gasteiger partial charge on any atom is 0.303 e. The number of thiazole rings is 1. The summed E-state index contributed by atoms with van der Waals surface area (Å²) in [6.07, 6.45) is 28.6. The van der Waals surface area contributed by atoms with Crippen molar-refractivity contribution in [3.05, 3.63) is 70.7 Å². The third-order valence-electron chi connectivity index (χ3n) is 8.76. The Morgan fingerprint density at radius 3 is 2.13 bits per heavy atom. The number of hydrogen-bond acceptors (Lipinski definition) is 4. The number of allylic oxidation sites excluding steroid dienone is 2. The Morgan fingerprint density at radius 2 is 1.40 bits per heavy atom. The molecule has 0 bridgehead atoms. The number of para-hydroxylation sites is 2. The number of aliphatic carboxylic acids is 1. The second-order valence-electron chi connectivity index (χ2n) is 12.4. The van der Waals surface area contributed by atoms with E-state index in [-0.39, 0.29) is 0 Å². The number of carbonyl (C=O) groups is 1. The number of carboxylic acid groups (broad SMARTS) is 1. The van der Waals surface area contributed by atoms with Crippen LogP contribution in [-0.4, -0.2) is 17.6 Å². The van der Waals surface area contributed by atoms with E-state index in [2.05, 4.69) is 83.1 Å². The Labute approximate surface area is 280 Å². The largest absolute Gasteiger partial charge is 0.481 e. The van der Waals surface area contributed by atoms with E-state index in [0.717, 1.165) is 32.4 Å². The van der Waals surface area contributed by atoms with Crippen LogP contribution in [0.25, 0.3) is 16.3 Å². The molecular weight excluding hydrogens is 593 g/mol. The first-order valence-corrected chi connectivity index (χ1v) is 19.4. The molecule has 244 valence electrons. The molecule has 2 aromatic carbocycles. The van der Waals surface area contributed by atoms with Gasteiger partial charge < -0.3 is 10.0 Å². The minimum atomic E-state index is -0.673. The van der Waals surface area contributed by atoms with E-state index in [4.69, 9.17) is 5.11 Å². The molecule has 0 radical (unpaired) electrons. The molecule has 1 N–H and O–H groups in total. The van der Waals surface area contributed by atoms with Gasteiger partial charge in [0.25, 0.3) is 5.01 Å². The summed E-state index contributed by atoms with van der Waals surface area (Å²) in [5.41, 5.74) is 2.70. The minimum absolute atomic E-state index is 0.309. The van der Waals surface area contributed by atoms with Crippen molar-refractivity contribution >= 4 is 51.0 Å². The number of unbranched alkanes of at least 4 members (excludes halogenated alkanes) is 15. The monoisotopic (exact) mass is 647 g/mol. The van der Waals surface area contributed by atoms with E-state index in [1.807, 2.05) is 23.1 Å². The van der Waals surface area contributed by atoms with Crippen molar-refractivity contribution in [3.8, 4) is 0 Å². The van der Waals surface area contributed by atoms with Gasteiger partial charge in [-0.15, -0.1) is 0 Å². The smallest absolute Gasteiger partial charge is 0.303 e. The van der Waals surface area contributed by atoms with E-state index in [0.29, 0.717) is 6.42 Å². The molecule has 3 aromatic rings. The van der Waals surface area contributed by atoms with Crippen LogP contribution in [0, 0.1) is 0 Å². The molecule has 1 aromatic heterocycles. The molecule has 45 heavy (non-hydrogen) atoms. The highest BCUT2D eigenvalue weighted by Gasteiger charge is 2.24. The maximum absolute atomic E-state index is 10.7. The fourth-order valence-electron chi connectivity index (χ4n) is 6.22. The van der Waals surface area contributed by atoms with Crippen LogP contribution in [0.5, 0.6) is 0 Å². The Bertz CT molecular complexity index is 1360. The van der Waals surface area contributed by atoms with E-state index in [9.17, 15) is 4.79 Å². The lowest BCUT2D eigenvalue weighted by Gasteiger charge is -2.20. The van der Waals surface area contributed by atoms with Crippen LogP contribution >= 0.6 is 23.1 Å². The van der Waals surface area contributed by atoms with Crippen LogP contribution in [0.3, 0.4) is 0 Å². The lowest BCUT2D eigenvalue weighted by molar-refractivity contribution is -0.669. The summed E-state index contributed by atoms with van der Waals surface area (Å²) in [5.74, 6) is -0.673. The lowest BCUT2D eigenvalue weighted by atomic mass is 10.1. The van der Waals surface area contributed by atoms with Crippen molar-refractivity contribution in [2.24, 2.45) is 0 Å². The number of hydrogen-bond donors (Lipinski definition) is 1. The summed E-state index contributed by atoms with van der Waals surface area (Å²) in [5, 5.41) is 11.4. The summed E-state index contributed by atoms with van der Waals surface area (Å²) >= 11 is 3.79. The fraction of sp³-hybridized carbons (Fsp3) is 0.538. The van der Waals surface area contributed by atoms with Gasteiger partial charge in [0.05, 0.1) is 10.7 Å². The molecule has 0 unspecified atom stereocenters. The van der Waals surface area contributed by atoms with Crippen LogP contribution in [0.2, 0.25) is 0 Å². The van der Waals surface area contributed by atoms with Gasteiger partial charge in [-0.1, -0.05) is 144 Å². The molecule has 0 fully saturated rings. The number of aryl methyl sites for hydroxylation is 1. The molecule has 2 heterocycles. The van der Waals surface area contributed by atoms with Crippen molar-refractivity contribution in [3.63, 3.8) is 0 Å². The van der Waals surface area contributed by atoms with E-state index >= 15 is 0 Å². The zero-order chi connectivity index (χ0) is 31.5. The summed E-state index contributed by atoms with van der Waals surface area (Å²) in [4.78, 5) is 14.5. The maximum atomic E-state index is 10.7. The second kappa shape index (κ2) is 20.5. The van der Waals surface area contributed by atoms with Gasteiger partial charge >= 0.3 is 5.97 Å². The molecular formula is C39H55N2O2S2+. The summed E-state index contributed by atoms with van der Waals surface area (Å²) in [6, 6.07) is 17.7. The Hall–Kier alpha value is -2.57. The van der Waals surface area contributed by atoms with Gasteiger partial charge in [-0.05, 0) is 43.5 Å². The molecule has 0 amide bonds. The van der Waals surface area contributed by atoms with Crippen molar-refractivity contribution in [1.29, 1.82) is 0 Å². The average Bonchev–Trinajstić information content (AvgIpc) is 3.58. The molecule has 6 heteroatoms. The highest BCUT2D eigenvalue weighted by Crippen LogP contribution is 2.46. The zero-order valence-corrected chi connectivity index (χ0v) is 29.2. The van der Waals surface area contributed by atoms with Gasteiger partial charge in [0.2, 0.25) is 5.52 Å². The van der Waals surface area contributed by atoms with Crippen molar-refractivity contribution in [2.45, 2.75) is 134 Å². The number of anilines is 1. The van der Waals surface area contributed by atoms with E-state index in [1.54, 1.807) is 0 Å². The number of carboxylic acids is 1. The SMILES string of the molecule is CCCCCCCCCCC[n+]1c(C=CC=C2Sc3ccccc3N2CCCCCCCCCCC(=O)O)sc2ccccc21. The highest BCUT2D eigenvalue weighted by molar-refractivity contribution is 8.03. The third kappa shape index (κ3) is 11.9. The summed E-state index contributed by atoms with van der Waals surface area (Å²) in [6.45, 7) is 4.42. The van der Waals surface area contributed by atoms with Gasteiger partial charge in [-0.3, -0.25) is 4.79 Å². The van der Waals surface area contributed by atoms with Crippen LogP contribution < -0.4 is 9.47 Å². The number of benzene rings is 2. The Kier molecular flexibility index (Phi) is 16.1. The molecule has 4 rings (SSSR count). The standard InChI is InChI=1S/C39H54N2O2S2/c1-2-3-4-5-6-8-11-14-21-31-40-33-24-17-19-26-35(33)44-37(40)28-23-29-38-41(34-25-18-20-27-36(34)45-38)32-22-15-12-9-7-10-13-16-30-39(42)43/h17-20,23-29H,2-16,21-22,30-32H2,1H3/p+1. The average molecular weight is 648 g/mol. The molecule has 1 aliphatic rings. The van der Waals surface area contributed by atoms with Crippen molar-refractivity contribution in [1.82, 2.24) is 0 Å². The number of thioether (sulfide) groups is 1. The number of fused-ring (bicyclic) bond motifs is 2. The molecule has 0 saturated heterocycles. The molecule has 0 spiro atoms. The predicted molar refractivity (Wildman–Crippen MR) is 195 cm³/mol. The number of rotatable bonds is 23. The fourth-order valence-corrected chi connectivity index (χ4v) is 8.42. The van der Waals surface area contributed by atoms with Gasteiger partial charge in [0, 0.05) is 36.4 Å². The van der Waals surface area contributed by atoms with Gasteiger partial charge in [0.1, 0.15) is 4.70 Å². The summed E-state index contributed by atoms with van der Waals surface area (Å²) < 4.78 is 3.90. The topological polar surface area (TPSA) is 44.4 Å². The molecule has 4 nitrogen and oxygen atoms in total. The molecule has 1 aliphatic heterocycles. The lowest BCUT2D eigenvalue weighted by Crippen LogP contribution is -2.34. The van der Waals surface area contributed by atoms with Crippen LogP contribution in [0.4, 0.5) is 5.69 Å². The van der Waals surface area contributed by atoms with Gasteiger partial charge in [0.15, 0.2) is 6.54 Å². The molecule has 0 atom stereocenters. The first-order valence-electron chi connectivity index (χ1n) is 17.7. The van der Waals surface area contributed by atoms with E-state index in [1.165, 1.54) is 121 Å². The van der Waals surface area contributed by atoms with Crippen molar-refractivity contribution in [2.75, 3.05) is 11.4 Å². The van der Waals surface area contributed by atoms with Crippen LogP contribution in [-0.2, 0) is 11.3 Å². The van der Waals surface area contributed by atoms with Gasteiger partial charge in [-0.25, -0.2) is 0 Å². The summed E-state index contributed by atoms with van der Waals surface area (Å²) in [7, 11) is 0. The van der Waals surface area contributed by atoms with Crippen molar-refractivity contribution < 1.29 is 14.5 Å². The minimum Gasteiger partial charge on any atom is -0.481 e. The number of aromatic nitrogens is 1. The Morgan fingerprint density at radius 1 is 0.778 bits per heavy atom.